The molecule has 3 N–H and O–H groups in total. The van der Waals surface area contributed by atoms with E-state index >= 15 is 0 Å². The molecule has 17 heteroatoms. The molecule has 57 heavy (non-hydrogen) atoms. The molecule has 0 bridgehead atoms. The van der Waals surface area contributed by atoms with Crippen LogP contribution in [0.5, 0.6) is 11.5 Å². The van der Waals surface area contributed by atoms with Gasteiger partial charge in [0.05, 0.1) is 69.1 Å². The van der Waals surface area contributed by atoms with Crippen LogP contribution >= 0.6 is 0 Å². The first-order valence-corrected chi connectivity index (χ1v) is 18.3. The smallest absolute Gasteiger partial charge is 0.262 e. The van der Waals surface area contributed by atoms with Crippen molar-refractivity contribution in [2.45, 2.75) is 31.8 Å². The van der Waals surface area contributed by atoms with Crippen molar-refractivity contribution < 1.29 is 42.9 Å². The number of pyridine rings is 2. The fourth-order valence-corrected chi connectivity index (χ4v) is 6.81. The number of ether oxygens (including phenoxy) is 4. The van der Waals surface area contributed by atoms with E-state index in [-0.39, 0.29) is 67.5 Å². The molecule has 17 nitrogen and oxygen atoms in total. The van der Waals surface area contributed by atoms with Gasteiger partial charge in [-0.25, -0.2) is 4.98 Å². The van der Waals surface area contributed by atoms with Crippen molar-refractivity contribution in [2.75, 3.05) is 71.9 Å². The van der Waals surface area contributed by atoms with Gasteiger partial charge in [-0.15, -0.1) is 0 Å². The molecule has 6 rings (SSSR count). The van der Waals surface area contributed by atoms with Gasteiger partial charge in [0, 0.05) is 55.6 Å². The molecule has 0 saturated carbocycles. The zero-order valence-electron chi connectivity index (χ0n) is 32.4. The summed E-state index contributed by atoms with van der Waals surface area (Å²) in [4.78, 5) is 82.9. The highest BCUT2D eigenvalue weighted by atomic mass is 16.5. The van der Waals surface area contributed by atoms with E-state index in [0.717, 1.165) is 21.6 Å². The number of nitrogens with one attached hydrogen (secondary N) is 3. The summed E-state index contributed by atoms with van der Waals surface area (Å²) >= 11 is 0. The third-order valence-corrected chi connectivity index (χ3v) is 9.59. The van der Waals surface area contributed by atoms with Gasteiger partial charge < -0.3 is 39.0 Å². The molecule has 300 valence electrons. The van der Waals surface area contributed by atoms with Crippen LogP contribution in [0.2, 0.25) is 0 Å². The standard InChI is InChI=1S/C40H45N7O10/c1-45(2)21-30-32(54-4)16-23(17-33(30)55-5)29-22-46(3)38(51)28-20-42-34(19-26(28)29)43-36(49)10-12-56-14-15-57-13-11-41-24-6-7-25-27(18-24)40(53)47(39(25)52)31-8-9-35(48)44-37(31)50/h6-7,16-20,22,31,41H,8-15,21H2,1-5H3,(H,42,43,49)(H,44,48,50). The van der Waals surface area contributed by atoms with E-state index in [1.165, 1.54) is 16.8 Å². The Morgan fingerprint density at radius 3 is 2.28 bits per heavy atom. The van der Waals surface area contributed by atoms with Crippen LogP contribution in [0, 0.1) is 0 Å². The van der Waals surface area contributed by atoms with Crippen molar-refractivity contribution in [1.29, 1.82) is 0 Å². The highest BCUT2D eigenvalue weighted by Gasteiger charge is 2.44. The topological polar surface area (TPSA) is 200 Å². The van der Waals surface area contributed by atoms with Crippen molar-refractivity contribution >= 4 is 51.8 Å². The lowest BCUT2D eigenvalue weighted by Gasteiger charge is -2.27. The lowest BCUT2D eigenvalue weighted by atomic mass is 9.98. The first-order valence-electron chi connectivity index (χ1n) is 18.3. The molecule has 1 unspecified atom stereocenters. The second kappa shape index (κ2) is 17.7. The lowest BCUT2D eigenvalue weighted by molar-refractivity contribution is -0.136. The molecular weight excluding hydrogens is 738 g/mol. The van der Waals surface area contributed by atoms with Gasteiger partial charge in [0.1, 0.15) is 23.4 Å². The van der Waals surface area contributed by atoms with E-state index in [9.17, 15) is 28.8 Å². The van der Waals surface area contributed by atoms with E-state index in [4.69, 9.17) is 18.9 Å². The number of carbonyl (C=O) groups excluding carboxylic acids is 5. The fourth-order valence-electron chi connectivity index (χ4n) is 6.81. The van der Waals surface area contributed by atoms with Crippen molar-refractivity contribution in [2.24, 2.45) is 7.05 Å². The van der Waals surface area contributed by atoms with Crippen molar-refractivity contribution in [1.82, 2.24) is 24.7 Å². The predicted octanol–water partition coefficient (Wildman–Crippen LogP) is 2.55. The molecule has 0 spiro atoms. The van der Waals surface area contributed by atoms with Gasteiger partial charge in [-0.05, 0) is 62.5 Å². The van der Waals surface area contributed by atoms with E-state index in [0.29, 0.717) is 47.7 Å². The van der Waals surface area contributed by atoms with Crippen LogP contribution < -0.4 is 31.0 Å². The number of aromatic nitrogens is 2. The maximum Gasteiger partial charge on any atom is 0.262 e. The Hall–Kier alpha value is -6.17. The van der Waals surface area contributed by atoms with Crippen molar-refractivity contribution in [3.8, 4) is 22.6 Å². The molecule has 2 aromatic heterocycles. The van der Waals surface area contributed by atoms with Crippen LogP contribution in [0.25, 0.3) is 21.9 Å². The summed E-state index contributed by atoms with van der Waals surface area (Å²) in [5.41, 5.74) is 3.13. The Labute approximate surface area is 328 Å². The minimum atomic E-state index is -1.02. The summed E-state index contributed by atoms with van der Waals surface area (Å²) in [6.45, 7) is 1.98. The number of amides is 5. The second-order valence-corrected chi connectivity index (χ2v) is 13.8. The van der Waals surface area contributed by atoms with Gasteiger partial charge >= 0.3 is 0 Å². The lowest BCUT2D eigenvalue weighted by Crippen LogP contribution is -2.54. The Kier molecular flexibility index (Phi) is 12.6. The summed E-state index contributed by atoms with van der Waals surface area (Å²) in [7, 11) is 8.78. The van der Waals surface area contributed by atoms with Crippen molar-refractivity contribution in [3.05, 3.63) is 75.8 Å². The predicted molar refractivity (Wildman–Crippen MR) is 209 cm³/mol. The average Bonchev–Trinajstić information content (AvgIpc) is 3.43. The van der Waals surface area contributed by atoms with Crippen LogP contribution in [0.15, 0.2) is 53.6 Å². The average molecular weight is 784 g/mol. The number of benzene rings is 2. The normalized spacial score (nSPS) is 15.3. The molecule has 2 aromatic carbocycles. The van der Waals surface area contributed by atoms with Gasteiger partial charge in [-0.2, -0.15) is 0 Å². The van der Waals surface area contributed by atoms with Crippen LogP contribution in [0.1, 0.15) is 45.5 Å². The molecule has 2 aliphatic heterocycles. The Bertz CT molecular complexity index is 2260. The summed E-state index contributed by atoms with van der Waals surface area (Å²) in [5.74, 6) is -0.984. The van der Waals surface area contributed by atoms with Gasteiger partial charge in [-0.1, -0.05) is 0 Å². The quantitative estimate of drug-likeness (QED) is 0.104. The van der Waals surface area contributed by atoms with E-state index in [1.807, 2.05) is 31.1 Å². The molecular formula is C40H45N7O10. The first-order chi connectivity index (χ1) is 27.4. The minimum Gasteiger partial charge on any atom is -0.496 e. The molecule has 4 heterocycles. The third-order valence-electron chi connectivity index (χ3n) is 9.59. The molecule has 1 atom stereocenters. The van der Waals surface area contributed by atoms with Crippen LogP contribution in [-0.4, -0.2) is 116 Å². The molecule has 1 saturated heterocycles. The number of piperidine rings is 1. The second-order valence-electron chi connectivity index (χ2n) is 13.8. The van der Waals surface area contributed by atoms with Gasteiger partial charge in [-0.3, -0.25) is 39.0 Å². The number of aryl methyl sites for hydroxylation is 1. The van der Waals surface area contributed by atoms with Crippen LogP contribution in [0.4, 0.5) is 11.5 Å². The molecule has 5 amide bonds. The molecule has 0 radical (unpaired) electrons. The van der Waals surface area contributed by atoms with E-state index < -0.39 is 29.7 Å². The number of imide groups is 2. The molecule has 4 aromatic rings. The zero-order chi connectivity index (χ0) is 40.8. The number of methoxy groups -OCH3 is 2. The largest absolute Gasteiger partial charge is 0.496 e. The van der Waals surface area contributed by atoms with E-state index in [1.54, 1.807) is 45.7 Å². The zero-order valence-corrected chi connectivity index (χ0v) is 32.4. The maximum absolute atomic E-state index is 13.1. The number of hydrogen-bond donors (Lipinski definition) is 3. The van der Waals surface area contributed by atoms with Crippen molar-refractivity contribution in [3.63, 3.8) is 0 Å². The molecule has 1 fully saturated rings. The Morgan fingerprint density at radius 2 is 1.60 bits per heavy atom. The van der Waals surface area contributed by atoms with E-state index in [2.05, 4.69) is 20.9 Å². The highest BCUT2D eigenvalue weighted by molar-refractivity contribution is 6.23. The molecule has 0 aliphatic carbocycles. The Morgan fingerprint density at radius 1 is 0.895 bits per heavy atom. The Balaban J connectivity index is 0.961. The highest BCUT2D eigenvalue weighted by Crippen LogP contribution is 2.38. The third kappa shape index (κ3) is 8.95. The van der Waals surface area contributed by atoms with Crippen LogP contribution in [-0.2, 0) is 37.4 Å². The minimum absolute atomic E-state index is 0.0508. The number of rotatable bonds is 17. The summed E-state index contributed by atoms with van der Waals surface area (Å²) in [6, 6.07) is 9.21. The number of fused-ring (bicyclic) bond motifs is 2. The summed E-state index contributed by atoms with van der Waals surface area (Å²) in [6.07, 6.45) is 3.39. The van der Waals surface area contributed by atoms with Gasteiger partial charge in [0.2, 0.25) is 17.7 Å². The molecule has 2 aliphatic rings. The number of nitrogens with zero attached hydrogens (tertiary/aromatic N) is 4. The number of carbonyl (C=O) groups is 5. The SMILES string of the molecule is COc1cc(-c2cn(C)c(=O)c3cnc(NC(=O)CCOCCOCCNc4ccc5c(c4)C(=O)N(C4CCC(=O)NC4=O)C5=O)cc23)cc(OC)c1CN(C)C. The number of anilines is 2. The summed E-state index contributed by atoms with van der Waals surface area (Å²) < 4.78 is 24.2. The monoisotopic (exact) mass is 783 g/mol. The first kappa shape index (κ1) is 40.5. The van der Waals surface area contributed by atoms with Gasteiger partial charge in [0.15, 0.2) is 0 Å². The van der Waals surface area contributed by atoms with Crippen LogP contribution in [0.3, 0.4) is 0 Å². The maximum atomic E-state index is 13.1. The number of hydrogen-bond acceptors (Lipinski definition) is 13. The fraction of sp³-hybridized carbons (Fsp3) is 0.375. The van der Waals surface area contributed by atoms with Gasteiger partial charge in [0.25, 0.3) is 17.4 Å². The summed E-state index contributed by atoms with van der Waals surface area (Å²) in [5, 5.41) is 9.11.